The molecule has 1 saturated heterocycles. The third kappa shape index (κ3) is 2.87. The molecule has 1 aromatic heterocycles. The lowest BCUT2D eigenvalue weighted by Crippen LogP contribution is -2.34. The molecule has 94 valence electrons. The average molecular weight is 301 g/mol. The fourth-order valence-electron chi connectivity index (χ4n) is 2.09. The van der Waals surface area contributed by atoms with E-state index in [4.69, 9.17) is 0 Å². The van der Waals surface area contributed by atoms with Crippen LogP contribution in [0, 0.1) is 0 Å². The van der Waals surface area contributed by atoms with Crippen molar-refractivity contribution in [1.29, 1.82) is 0 Å². The van der Waals surface area contributed by atoms with Gasteiger partial charge in [0.05, 0.1) is 16.4 Å². The molecule has 1 fully saturated rings. The van der Waals surface area contributed by atoms with Gasteiger partial charge in [-0.2, -0.15) is 5.10 Å². The van der Waals surface area contributed by atoms with E-state index in [9.17, 15) is 4.79 Å². The van der Waals surface area contributed by atoms with Crippen LogP contribution in [0.2, 0.25) is 0 Å². The monoisotopic (exact) mass is 300 g/mol. The van der Waals surface area contributed by atoms with Crippen molar-refractivity contribution >= 4 is 21.8 Å². The second kappa shape index (κ2) is 5.18. The van der Waals surface area contributed by atoms with Crippen LogP contribution >= 0.6 is 15.9 Å². The van der Waals surface area contributed by atoms with Gasteiger partial charge in [-0.25, -0.2) is 0 Å². The van der Waals surface area contributed by atoms with Crippen LogP contribution in [0.3, 0.4) is 0 Å². The SMILES string of the molecule is CC(=O)N1CCC(NCc2c(Br)cnn2C)C1. The molecule has 17 heavy (non-hydrogen) atoms. The van der Waals surface area contributed by atoms with Gasteiger partial charge >= 0.3 is 0 Å². The Bertz CT molecular complexity index is 398. The summed E-state index contributed by atoms with van der Waals surface area (Å²) in [5.41, 5.74) is 1.13. The highest BCUT2D eigenvalue weighted by molar-refractivity contribution is 9.10. The number of halogens is 1. The minimum atomic E-state index is 0.163. The molecule has 1 unspecified atom stereocenters. The molecule has 1 aliphatic rings. The van der Waals surface area contributed by atoms with Gasteiger partial charge in [-0.15, -0.1) is 0 Å². The lowest BCUT2D eigenvalue weighted by molar-refractivity contribution is -0.127. The Balaban J connectivity index is 1.86. The molecule has 2 rings (SSSR count). The van der Waals surface area contributed by atoms with Crippen LogP contribution in [-0.2, 0) is 18.4 Å². The Morgan fingerprint density at radius 2 is 2.47 bits per heavy atom. The summed E-state index contributed by atoms with van der Waals surface area (Å²) in [6.07, 6.45) is 2.82. The Kier molecular flexibility index (Phi) is 3.83. The van der Waals surface area contributed by atoms with E-state index >= 15 is 0 Å². The van der Waals surface area contributed by atoms with Crippen molar-refractivity contribution in [3.05, 3.63) is 16.4 Å². The second-order valence-electron chi connectivity index (χ2n) is 4.39. The van der Waals surface area contributed by atoms with Gasteiger partial charge in [-0.1, -0.05) is 0 Å². The molecule has 0 aliphatic carbocycles. The molecule has 1 atom stereocenters. The van der Waals surface area contributed by atoms with Crippen molar-refractivity contribution in [3.8, 4) is 0 Å². The first kappa shape index (κ1) is 12.6. The topological polar surface area (TPSA) is 50.2 Å². The quantitative estimate of drug-likeness (QED) is 0.902. The van der Waals surface area contributed by atoms with Crippen LogP contribution in [0.5, 0.6) is 0 Å². The van der Waals surface area contributed by atoms with E-state index in [-0.39, 0.29) is 5.91 Å². The van der Waals surface area contributed by atoms with Crippen molar-refractivity contribution < 1.29 is 4.79 Å². The van der Waals surface area contributed by atoms with E-state index in [1.807, 2.05) is 16.6 Å². The molecule has 1 N–H and O–H groups in total. The number of hydrogen-bond donors (Lipinski definition) is 1. The largest absolute Gasteiger partial charge is 0.341 e. The molecular weight excluding hydrogens is 284 g/mol. The first-order chi connectivity index (χ1) is 8.08. The lowest BCUT2D eigenvalue weighted by atomic mass is 10.2. The first-order valence-corrected chi connectivity index (χ1v) is 6.52. The molecule has 0 spiro atoms. The number of aryl methyl sites for hydroxylation is 1. The summed E-state index contributed by atoms with van der Waals surface area (Å²) in [5, 5.41) is 7.64. The van der Waals surface area contributed by atoms with E-state index in [0.717, 1.165) is 36.2 Å². The number of rotatable bonds is 3. The number of likely N-dealkylation sites (tertiary alicyclic amines) is 1. The summed E-state index contributed by atoms with van der Waals surface area (Å²) in [6, 6.07) is 0.390. The highest BCUT2D eigenvalue weighted by Gasteiger charge is 2.23. The summed E-state index contributed by atoms with van der Waals surface area (Å²) in [7, 11) is 1.93. The number of carbonyl (C=O) groups excluding carboxylic acids is 1. The van der Waals surface area contributed by atoms with Crippen LogP contribution in [0.25, 0.3) is 0 Å². The van der Waals surface area contributed by atoms with Gasteiger partial charge < -0.3 is 10.2 Å². The van der Waals surface area contributed by atoms with Crippen LogP contribution < -0.4 is 5.32 Å². The Morgan fingerprint density at radius 1 is 1.71 bits per heavy atom. The van der Waals surface area contributed by atoms with Gasteiger partial charge in [-0.3, -0.25) is 9.48 Å². The molecule has 5 nitrogen and oxygen atoms in total. The molecule has 1 aliphatic heterocycles. The molecule has 0 radical (unpaired) electrons. The standard InChI is InChI=1S/C11H17BrN4O/c1-8(17)16-4-3-9(7-16)13-6-11-10(12)5-14-15(11)2/h5,9,13H,3-4,6-7H2,1-2H3. The maximum absolute atomic E-state index is 11.2. The number of nitrogens with one attached hydrogen (secondary N) is 1. The summed E-state index contributed by atoms with van der Waals surface area (Å²) in [6.45, 7) is 4.07. The molecule has 0 aromatic carbocycles. The van der Waals surface area contributed by atoms with E-state index in [2.05, 4.69) is 26.3 Å². The Labute approximate surface area is 109 Å². The maximum Gasteiger partial charge on any atom is 0.219 e. The second-order valence-corrected chi connectivity index (χ2v) is 5.25. The molecule has 1 amide bonds. The molecule has 6 heteroatoms. The predicted octanol–water partition coefficient (Wildman–Crippen LogP) is 0.893. The van der Waals surface area contributed by atoms with Crippen molar-refractivity contribution in [2.45, 2.75) is 25.9 Å². The van der Waals surface area contributed by atoms with Gasteiger partial charge in [0.2, 0.25) is 5.91 Å². The zero-order chi connectivity index (χ0) is 12.4. The number of aromatic nitrogens is 2. The van der Waals surface area contributed by atoms with Crippen molar-refractivity contribution in [2.75, 3.05) is 13.1 Å². The average Bonchev–Trinajstić information content (AvgIpc) is 2.85. The Hall–Kier alpha value is -0.880. The van der Waals surface area contributed by atoms with Gasteiger partial charge in [0.1, 0.15) is 0 Å². The molecule has 1 aromatic rings. The Morgan fingerprint density at radius 3 is 3.00 bits per heavy atom. The van der Waals surface area contributed by atoms with Crippen LogP contribution in [-0.4, -0.2) is 39.7 Å². The molecule has 0 saturated carbocycles. The smallest absolute Gasteiger partial charge is 0.219 e. The van der Waals surface area contributed by atoms with Gasteiger partial charge in [-0.05, 0) is 22.4 Å². The zero-order valence-corrected chi connectivity index (χ0v) is 11.7. The molecule has 2 heterocycles. The molecular formula is C11H17BrN4O. The normalized spacial score (nSPS) is 19.9. The summed E-state index contributed by atoms with van der Waals surface area (Å²) >= 11 is 3.47. The summed E-state index contributed by atoms with van der Waals surface area (Å²) in [4.78, 5) is 13.1. The van der Waals surface area contributed by atoms with E-state index in [1.54, 1.807) is 13.1 Å². The van der Waals surface area contributed by atoms with E-state index < -0.39 is 0 Å². The highest BCUT2D eigenvalue weighted by Crippen LogP contribution is 2.16. The minimum Gasteiger partial charge on any atom is -0.341 e. The van der Waals surface area contributed by atoms with Gasteiger partial charge in [0, 0.05) is 39.6 Å². The number of amides is 1. The van der Waals surface area contributed by atoms with E-state index in [1.165, 1.54) is 0 Å². The highest BCUT2D eigenvalue weighted by atomic mass is 79.9. The fourth-order valence-corrected chi connectivity index (χ4v) is 2.58. The summed E-state index contributed by atoms with van der Waals surface area (Å²) < 4.78 is 2.88. The van der Waals surface area contributed by atoms with E-state index in [0.29, 0.717) is 6.04 Å². The first-order valence-electron chi connectivity index (χ1n) is 5.73. The third-order valence-corrected chi connectivity index (χ3v) is 3.86. The predicted molar refractivity (Wildman–Crippen MR) is 68.4 cm³/mol. The number of carbonyl (C=O) groups is 1. The van der Waals surface area contributed by atoms with Crippen LogP contribution in [0.4, 0.5) is 0 Å². The van der Waals surface area contributed by atoms with Crippen molar-refractivity contribution in [2.24, 2.45) is 7.05 Å². The zero-order valence-electron chi connectivity index (χ0n) is 10.1. The van der Waals surface area contributed by atoms with Crippen LogP contribution in [0.15, 0.2) is 10.7 Å². The lowest BCUT2D eigenvalue weighted by Gasteiger charge is -2.15. The van der Waals surface area contributed by atoms with Crippen molar-refractivity contribution in [1.82, 2.24) is 20.0 Å². The third-order valence-electron chi connectivity index (χ3n) is 3.20. The number of hydrogen-bond acceptors (Lipinski definition) is 3. The maximum atomic E-state index is 11.2. The van der Waals surface area contributed by atoms with Crippen LogP contribution in [0.1, 0.15) is 19.0 Å². The van der Waals surface area contributed by atoms with Crippen molar-refractivity contribution in [3.63, 3.8) is 0 Å². The number of nitrogens with zero attached hydrogens (tertiary/aromatic N) is 3. The van der Waals surface area contributed by atoms with Gasteiger partial charge in [0.15, 0.2) is 0 Å². The molecule has 0 bridgehead atoms. The minimum absolute atomic E-state index is 0.163. The van der Waals surface area contributed by atoms with Gasteiger partial charge in [0.25, 0.3) is 0 Å². The summed E-state index contributed by atoms with van der Waals surface area (Å²) in [5.74, 6) is 0.163. The fraction of sp³-hybridized carbons (Fsp3) is 0.636.